The van der Waals surface area contributed by atoms with Crippen molar-refractivity contribution in [2.75, 3.05) is 16.8 Å². The third kappa shape index (κ3) is 4.06. The Balaban J connectivity index is 1.30. The van der Waals surface area contributed by atoms with Crippen molar-refractivity contribution in [3.05, 3.63) is 54.6 Å². The topological polar surface area (TPSA) is 101 Å². The van der Waals surface area contributed by atoms with E-state index in [0.29, 0.717) is 35.9 Å². The van der Waals surface area contributed by atoms with Crippen molar-refractivity contribution >= 4 is 23.2 Å². The van der Waals surface area contributed by atoms with Crippen molar-refractivity contribution in [2.24, 2.45) is 0 Å². The summed E-state index contributed by atoms with van der Waals surface area (Å²) in [6.07, 6.45) is 3.69. The number of rotatable bonds is 6. The molecule has 0 radical (unpaired) electrons. The largest absolute Gasteiger partial charge is 0.339 e. The van der Waals surface area contributed by atoms with Crippen molar-refractivity contribution < 1.29 is 14.1 Å². The van der Waals surface area contributed by atoms with E-state index in [1.54, 1.807) is 29.3 Å². The van der Waals surface area contributed by atoms with Gasteiger partial charge in [-0.1, -0.05) is 11.2 Å². The summed E-state index contributed by atoms with van der Waals surface area (Å²) in [7, 11) is 0. The molecule has 8 nitrogen and oxygen atoms in total. The highest BCUT2D eigenvalue weighted by Gasteiger charge is 2.21. The Bertz CT molecular complexity index is 969. The summed E-state index contributed by atoms with van der Waals surface area (Å²) in [6, 6.07) is 12.7. The summed E-state index contributed by atoms with van der Waals surface area (Å²) in [5, 5.41) is 6.72. The zero-order valence-electron chi connectivity index (χ0n) is 15.2. The molecule has 3 aromatic rings. The fraction of sp³-hybridized carbons (Fsp3) is 0.250. The number of nitrogens with one attached hydrogen (secondary N) is 1. The molecule has 2 amide bonds. The van der Waals surface area contributed by atoms with E-state index in [9.17, 15) is 9.59 Å². The van der Waals surface area contributed by atoms with Crippen LogP contribution in [0.25, 0.3) is 11.5 Å². The molecule has 1 fully saturated rings. The molecule has 1 saturated heterocycles. The van der Waals surface area contributed by atoms with E-state index in [2.05, 4.69) is 20.4 Å². The lowest BCUT2D eigenvalue weighted by Crippen LogP contribution is -2.23. The molecule has 142 valence electrons. The Labute approximate surface area is 161 Å². The normalized spacial score (nSPS) is 13.7. The van der Waals surface area contributed by atoms with Crippen LogP contribution in [0, 0.1) is 0 Å². The molecule has 0 saturated carbocycles. The van der Waals surface area contributed by atoms with Gasteiger partial charge in [-0.2, -0.15) is 4.98 Å². The highest BCUT2D eigenvalue weighted by Crippen LogP contribution is 2.23. The number of amides is 2. The summed E-state index contributed by atoms with van der Waals surface area (Å²) in [4.78, 5) is 34.2. The molecule has 1 aromatic carbocycles. The minimum atomic E-state index is -0.150. The van der Waals surface area contributed by atoms with Crippen LogP contribution < -0.4 is 10.2 Å². The minimum absolute atomic E-state index is 0.140. The Kier molecular flexibility index (Phi) is 5.09. The average molecular weight is 377 g/mol. The maximum absolute atomic E-state index is 12.2. The van der Waals surface area contributed by atoms with Crippen LogP contribution in [0.2, 0.25) is 0 Å². The van der Waals surface area contributed by atoms with Gasteiger partial charge in [0.1, 0.15) is 5.69 Å². The predicted octanol–water partition coefficient (Wildman–Crippen LogP) is 2.83. The van der Waals surface area contributed by atoms with E-state index in [-0.39, 0.29) is 18.2 Å². The molecule has 1 aliphatic rings. The van der Waals surface area contributed by atoms with Crippen molar-refractivity contribution in [1.29, 1.82) is 0 Å². The van der Waals surface area contributed by atoms with E-state index < -0.39 is 0 Å². The van der Waals surface area contributed by atoms with Crippen LogP contribution >= 0.6 is 0 Å². The predicted molar refractivity (Wildman–Crippen MR) is 103 cm³/mol. The smallest absolute Gasteiger partial charge is 0.227 e. The molecule has 0 bridgehead atoms. The van der Waals surface area contributed by atoms with Gasteiger partial charge in [0.05, 0.1) is 0 Å². The van der Waals surface area contributed by atoms with Gasteiger partial charge in [-0.05, 0) is 42.8 Å². The highest BCUT2D eigenvalue weighted by atomic mass is 16.5. The van der Waals surface area contributed by atoms with Crippen molar-refractivity contribution in [3.63, 3.8) is 0 Å². The lowest BCUT2D eigenvalue weighted by atomic mass is 10.2. The first-order valence-electron chi connectivity index (χ1n) is 9.13. The molecule has 4 rings (SSSR count). The number of benzene rings is 1. The van der Waals surface area contributed by atoms with Crippen LogP contribution in [0.5, 0.6) is 0 Å². The number of aryl methyl sites for hydroxylation is 1. The Morgan fingerprint density at radius 1 is 1.18 bits per heavy atom. The summed E-state index contributed by atoms with van der Waals surface area (Å²) < 4.78 is 5.18. The Morgan fingerprint density at radius 2 is 2.04 bits per heavy atom. The fourth-order valence-corrected chi connectivity index (χ4v) is 3.05. The van der Waals surface area contributed by atoms with E-state index in [0.717, 1.165) is 18.7 Å². The number of carbonyl (C=O) groups is 2. The third-order valence-electron chi connectivity index (χ3n) is 4.46. The molecule has 0 aliphatic carbocycles. The number of nitrogens with zero attached hydrogens (tertiary/aromatic N) is 4. The van der Waals surface area contributed by atoms with E-state index in [1.165, 1.54) is 0 Å². The molecular weight excluding hydrogens is 358 g/mol. The zero-order valence-corrected chi connectivity index (χ0v) is 15.2. The highest BCUT2D eigenvalue weighted by molar-refractivity contribution is 5.96. The molecule has 1 aliphatic heterocycles. The number of anilines is 2. The van der Waals surface area contributed by atoms with Gasteiger partial charge in [0, 0.05) is 43.4 Å². The Hall–Kier alpha value is -3.55. The standard InChI is InChI=1S/C20H19N5O3/c26-17(10-11-18-23-20(24-28-18)16-4-1-2-12-21-16)22-14-6-8-15(9-7-14)25-13-3-5-19(25)27/h1-2,4,6-9,12H,3,5,10-11,13H2,(H,22,26). The first-order valence-corrected chi connectivity index (χ1v) is 9.13. The van der Waals surface area contributed by atoms with E-state index in [1.807, 2.05) is 24.3 Å². The molecular formula is C20H19N5O3. The molecule has 28 heavy (non-hydrogen) atoms. The van der Waals surface area contributed by atoms with Gasteiger partial charge >= 0.3 is 0 Å². The number of carbonyl (C=O) groups excluding carboxylic acids is 2. The van der Waals surface area contributed by atoms with Gasteiger partial charge < -0.3 is 14.7 Å². The number of hydrogen-bond donors (Lipinski definition) is 1. The van der Waals surface area contributed by atoms with Crippen LogP contribution in [0.4, 0.5) is 11.4 Å². The van der Waals surface area contributed by atoms with E-state index >= 15 is 0 Å². The molecule has 1 N–H and O–H groups in total. The lowest BCUT2D eigenvalue weighted by Gasteiger charge is -2.16. The van der Waals surface area contributed by atoms with Gasteiger partial charge in [0.2, 0.25) is 23.5 Å². The zero-order chi connectivity index (χ0) is 19.3. The third-order valence-corrected chi connectivity index (χ3v) is 4.46. The molecule has 8 heteroatoms. The van der Waals surface area contributed by atoms with Gasteiger partial charge in [-0.25, -0.2) is 0 Å². The molecule has 0 atom stereocenters. The van der Waals surface area contributed by atoms with E-state index in [4.69, 9.17) is 4.52 Å². The summed E-state index contributed by atoms with van der Waals surface area (Å²) in [5.41, 5.74) is 2.16. The number of aromatic nitrogens is 3. The second-order valence-electron chi connectivity index (χ2n) is 6.47. The van der Waals surface area contributed by atoms with Crippen LogP contribution in [0.1, 0.15) is 25.2 Å². The fourth-order valence-electron chi connectivity index (χ4n) is 3.05. The first-order chi connectivity index (χ1) is 13.7. The molecule has 2 aromatic heterocycles. The monoisotopic (exact) mass is 377 g/mol. The average Bonchev–Trinajstić information content (AvgIpc) is 3.37. The number of pyridine rings is 1. The van der Waals surface area contributed by atoms with Gasteiger partial charge in [0.15, 0.2) is 0 Å². The molecule has 0 unspecified atom stereocenters. The van der Waals surface area contributed by atoms with Crippen LogP contribution in [-0.2, 0) is 16.0 Å². The lowest BCUT2D eigenvalue weighted by molar-refractivity contribution is -0.117. The van der Waals surface area contributed by atoms with Crippen molar-refractivity contribution in [2.45, 2.75) is 25.7 Å². The number of hydrogen-bond acceptors (Lipinski definition) is 6. The SMILES string of the molecule is O=C(CCc1nc(-c2ccccn2)no1)Nc1ccc(N2CCCC2=O)cc1. The summed E-state index contributed by atoms with van der Waals surface area (Å²) >= 11 is 0. The quantitative estimate of drug-likeness (QED) is 0.709. The van der Waals surface area contributed by atoms with Crippen LogP contribution in [0.3, 0.4) is 0 Å². The van der Waals surface area contributed by atoms with Crippen LogP contribution in [0.15, 0.2) is 53.2 Å². The first kappa shape index (κ1) is 17.8. The van der Waals surface area contributed by atoms with Crippen molar-refractivity contribution in [1.82, 2.24) is 15.1 Å². The summed E-state index contributed by atoms with van der Waals surface area (Å²) in [6.45, 7) is 0.745. The second-order valence-corrected chi connectivity index (χ2v) is 6.47. The van der Waals surface area contributed by atoms with Gasteiger partial charge in [-0.15, -0.1) is 0 Å². The van der Waals surface area contributed by atoms with Gasteiger partial charge in [-0.3, -0.25) is 14.6 Å². The minimum Gasteiger partial charge on any atom is -0.339 e. The maximum atomic E-state index is 12.2. The van der Waals surface area contributed by atoms with Gasteiger partial charge in [0.25, 0.3) is 0 Å². The maximum Gasteiger partial charge on any atom is 0.227 e. The van der Waals surface area contributed by atoms with Crippen molar-refractivity contribution in [3.8, 4) is 11.5 Å². The summed E-state index contributed by atoms with van der Waals surface area (Å²) in [5.74, 6) is 0.783. The molecule has 0 spiro atoms. The van der Waals surface area contributed by atoms with Crippen LogP contribution in [-0.4, -0.2) is 33.5 Å². The second kappa shape index (κ2) is 7.99. The molecule has 3 heterocycles. The Morgan fingerprint density at radius 3 is 2.75 bits per heavy atom.